The van der Waals surface area contributed by atoms with Gasteiger partial charge in [-0.15, -0.1) is 21.5 Å². The van der Waals surface area contributed by atoms with Crippen molar-refractivity contribution in [2.45, 2.75) is 38.0 Å². The lowest BCUT2D eigenvalue weighted by Gasteiger charge is -2.18. The van der Waals surface area contributed by atoms with Crippen LogP contribution >= 0.6 is 54.5 Å². The van der Waals surface area contributed by atoms with Gasteiger partial charge >= 0.3 is 0 Å². The molecule has 0 aliphatic heterocycles. The summed E-state index contributed by atoms with van der Waals surface area (Å²) in [5.41, 5.74) is 0. The average Bonchev–Trinajstić information content (AvgIpc) is 3.08. The zero-order valence-electron chi connectivity index (χ0n) is 11.1. The summed E-state index contributed by atoms with van der Waals surface area (Å²) >= 11 is 9.67. The Balaban J connectivity index is 1.67. The lowest BCUT2D eigenvalue weighted by molar-refractivity contribution is 0.103. The van der Waals surface area contributed by atoms with Gasteiger partial charge in [0.2, 0.25) is 5.13 Å². The molecule has 2 aromatic heterocycles. The SMILES string of the molecule is O=C(Nc1nnc(C2CCCCC2)s1)c1cc(Br)c(Br)s1. The molecule has 0 unspecified atom stereocenters. The Morgan fingerprint density at radius 1 is 1.19 bits per heavy atom. The third-order valence-corrected chi connectivity index (χ3v) is 7.74. The summed E-state index contributed by atoms with van der Waals surface area (Å²) in [6.07, 6.45) is 6.23. The first kappa shape index (κ1) is 15.6. The zero-order valence-corrected chi connectivity index (χ0v) is 15.9. The van der Waals surface area contributed by atoms with Crippen LogP contribution in [-0.2, 0) is 0 Å². The molecular formula is C13H13Br2N3OS2. The van der Waals surface area contributed by atoms with Crippen LogP contribution in [0.3, 0.4) is 0 Å². The average molecular weight is 451 g/mol. The van der Waals surface area contributed by atoms with Gasteiger partial charge in [-0.25, -0.2) is 0 Å². The van der Waals surface area contributed by atoms with E-state index in [0.29, 0.717) is 15.9 Å². The monoisotopic (exact) mass is 449 g/mol. The molecule has 2 heterocycles. The van der Waals surface area contributed by atoms with Gasteiger partial charge in [0.25, 0.3) is 5.91 Å². The highest BCUT2D eigenvalue weighted by molar-refractivity contribution is 9.13. The molecule has 4 nitrogen and oxygen atoms in total. The summed E-state index contributed by atoms with van der Waals surface area (Å²) in [7, 11) is 0. The molecule has 1 saturated carbocycles. The van der Waals surface area contributed by atoms with Crippen molar-refractivity contribution in [1.29, 1.82) is 0 Å². The normalized spacial score (nSPS) is 16.1. The lowest BCUT2D eigenvalue weighted by atomic mass is 9.90. The van der Waals surface area contributed by atoms with Gasteiger partial charge in [-0.1, -0.05) is 30.6 Å². The van der Waals surface area contributed by atoms with Crippen LogP contribution in [0.1, 0.15) is 52.7 Å². The lowest BCUT2D eigenvalue weighted by Crippen LogP contribution is -2.09. The van der Waals surface area contributed by atoms with Crippen LogP contribution in [0.4, 0.5) is 5.13 Å². The number of carbonyl (C=O) groups is 1. The van der Waals surface area contributed by atoms with Crippen molar-refractivity contribution in [3.05, 3.63) is 24.2 Å². The van der Waals surface area contributed by atoms with Gasteiger partial charge in [0.15, 0.2) is 0 Å². The largest absolute Gasteiger partial charge is 0.296 e. The quantitative estimate of drug-likeness (QED) is 0.678. The highest BCUT2D eigenvalue weighted by Crippen LogP contribution is 2.36. The number of halogens is 2. The molecule has 21 heavy (non-hydrogen) atoms. The Morgan fingerprint density at radius 2 is 1.95 bits per heavy atom. The van der Waals surface area contributed by atoms with Crippen molar-refractivity contribution in [3.63, 3.8) is 0 Å². The molecule has 0 spiro atoms. The molecule has 112 valence electrons. The highest BCUT2D eigenvalue weighted by Gasteiger charge is 2.21. The van der Waals surface area contributed by atoms with E-state index < -0.39 is 0 Å². The summed E-state index contributed by atoms with van der Waals surface area (Å²) in [4.78, 5) is 12.8. The van der Waals surface area contributed by atoms with Crippen molar-refractivity contribution in [3.8, 4) is 0 Å². The van der Waals surface area contributed by atoms with Gasteiger partial charge in [0, 0.05) is 10.4 Å². The number of hydrogen-bond acceptors (Lipinski definition) is 5. The summed E-state index contributed by atoms with van der Waals surface area (Å²) in [5, 5.41) is 12.8. The molecule has 1 fully saturated rings. The number of aromatic nitrogens is 2. The molecular weight excluding hydrogens is 438 g/mol. The second-order valence-electron chi connectivity index (χ2n) is 4.97. The van der Waals surface area contributed by atoms with Gasteiger partial charge in [-0.05, 0) is 50.8 Å². The van der Waals surface area contributed by atoms with Crippen molar-refractivity contribution < 1.29 is 4.79 Å². The van der Waals surface area contributed by atoms with Crippen LogP contribution in [0, 0.1) is 0 Å². The molecule has 0 atom stereocenters. The van der Waals surface area contributed by atoms with E-state index in [2.05, 4.69) is 47.4 Å². The number of nitrogens with one attached hydrogen (secondary N) is 1. The fourth-order valence-electron chi connectivity index (χ4n) is 2.42. The molecule has 1 N–H and O–H groups in total. The fourth-order valence-corrected chi connectivity index (χ4v) is 5.26. The van der Waals surface area contributed by atoms with Crippen LogP contribution in [-0.4, -0.2) is 16.1 Å². The van der Waals surface area contributed by atoms with Crippen LogP contribution < -0.4 is 5.32 Å². The summed E-state index contributed by atoms with van der Waals surface area (Å²) in [6.45, 7) is 0. The first-order valence-electron chi connectivity index (χ1n) is 6.73. The Bertz CT molecular complexity index is 630. The number of nitrogens with zero attached hydrogens (tertiary/aromatic N) is 2. The molecule has 0 bridgehead atoms. The van der Waals surface area contributed by atoms with Gasteiger partial charge in [-0.3, -0.25) is 10.1 Å². The number of rotatable bonds is 3. The molecule has 2 aromatic rings. The third kappa shape index (κ3) is 3.72. The Hall–Kier alpha value is -0.310. The van der Waals surface area contributed by atoms with Crippen LogP contribution in [0.2, 0.25) is 0 Å². The Morgan fingerprint density at radius 3 is 2.62 bits per heavy atom. The van der Waals surface area contributed by atoms with E-state index in [1.54, 1.807) is 6.07 Å². The maximum atomic E-state index is 12.2. The van der Waals surface area contributed by atoms with Gasteiger partial charge in [0.1, 0.15) is 5.01 Å². The number of thiophene rings is 1. The van der Waals surface area contributed by atoms with E-state index in [4.69, 9.17) is 0 Å². The number of amides is 1. The molecule has 3 rings (SSSR count). The Labute approximate surface area is 147 Å². The minimum absolute atomic E-state index is 0.141. The maximum absolute atomic E-state index is 12.2. The molecule has 0 radical (unpaired) electrons. The van der Waals surface area contributed by atoms with E-state index in [1.807, 2.05) is 0 Å². The topological polar surface area (TPSA) is 54.9 Å². The summed E-state index contributed by atoms with van der Waals surface area (Å²) < 4.78 is 1.80. The summed E-state index contributed by atoms with van der Waals surface area (Å²) in [6, 6.07) is 1.80. The second kappa shape index (κ2) is 6.85. The molecule has 1 aliphatic rings. The van der Waals surface area contributed by atoms with E-state index in [0.717, 1.165) is 13.3 Å². The maximum Gasteiger partial charge on any atom is 0.267 e. The first-order valence-corrected chi connectivity index (χ1v) is 9.95. The fraction of sp³-hybridized carbons (Fsp3) is 0.462. The third-order valence-electron chi connectivity index (χ3n) is 3.48. The molecule has 1 amide bonds. The number of anilines is 1. The van der Waals surface area contributed by atoms with Crippen molar-refractivity contribution >= 4 is 65.6 Å². The van der Waals surface area contributed by atoms with E-state index in [-0.39, 0.29) is 5.91 Å². The number of hydrogen-bond donors (Lipinski definition) is 1. The predicted molar refractivity (Wildman–Crippen MR) is 93.4 cm³/mol. The van der Waals surface area contributed by atoms with E-state index in [1.165, 1.54) is 54.8 Å². The zero-order chi connectivity index (χ0) is 14.8. The van der Waals surface area contributed by atoms with Crippen LogP contribution in [0.15, 0.2) is 14.3 Å². The predicted octanol–water partition coefficient (Wildman–Crippen LogP) is 5.42. The molecule has 0 aromatic carbocycles. The highest BCUT2D eigenvalue weighted by atomic mass is 79.9. The van der Waals surface area contributed by atoms with Crippen molar-refractivity contribution in [2.24, 2.45) is 0 Å². The van der Waals surface area contributed by atoms with Crippen LogP contribution in [0.5, 0.6) is 0 Å². The second-order valence-corrected chi connectivity index (χ2v) is 9.20. The van der Waals surface area contributed by atoms with Crippen molar-refractivity contribution in [1.82, 2.24) is 10.2 Å². The van der Waals surface area contributed by atoms with Crippen molar-refractivity contribution in [2.75, 3.05) is 5.32 Å². The summed E-state index contributed by atoms with van der Waals surface area (Å²) in [5.74, 6) is 0.379. The smallest absolute Gasteiger partial charge is 0.267 e. The minimum atomic E-state index is -0.141. The minimum Gasteiger partial charge on any atom is -0.296 e. The first-order chi connectivity index (χ1) is 10.1. The van der Waals surface area contributed by atoms with Gasteiger partial charge in [-0.2, -0.15) is 0 Å². The molecule has 0 saturated heterocycles. The molecule has 1 aliphatic carbocycles. The number of carbonyl (C=O) groups excluding carboxylic acids is 1. The van der Waals surface area contributed by atoms with Gasteiger partial charge < -0.3 is 0 Å². The van der Waals surface area contributed by atoms with E-state index in [9.17, 15) is 4.79 Å². The standard InChI is InChI=1S/C13H13Br2N3OS2/c14-8-6-9(20-10(8)15)11(19)16-13-18-17-12(21-13)7-4-2-1-3-5-7/h6-7H,1-5H2,(H,16,18,19). The molecule has 8 heteroatoms. The van der Waals surface area contributed by atoms with Gasteiger partial charge in [0.05, 0.1) is 8.66 Å². The van der Waals surface area contributed by atoms with E-state index >= 15 is 0 Å². The Kier molecular flexibility index (Phi) is 5.08. The van der Waals surface area contributed by atoms with Crippen LogP contribution in [0.25, 0.3) is 0 Å².